The SMILES string of the molecule is CN(C)c1ccc(C(CNC(=O)CCc2ccccc2F)N2CCOCC2)cc1. The van der Waals surface area contributed by atoms with Gasteiger partial charge in [-0.25, -0.2) is 4.39 Å². The van der Waals surface area contributed by atoms with Crippen LogP contribution in [0.25, 0.3) is 0 Å². The molecule has 1 saturated heterocycles. The molecule has 1 unspecified atom stereocenters. The number of ether oxygens (including phenoxy) is 1. The van der Waals surface area contributed by atoms with Gasteiger partial charge in [0.2, 0.25) is 5.91 Å². The van der Waals surface area contributed by atoms with Crippen molar-refractivity contribution in [3.05, 3.63) is 65.5 Å². The lowest BCUT2D eigenvalue weighted by Crippen LogP contribution is -2.43. The Morgan fingerprint density at radius 3 is 2.48 bits per heavy atom. The Labute approximate surface area is 172 Å². The Morgan fingerprint density at radius 2 is 1.83 bits per heavy atom. The third kappa shape index (κ3) is 6.02. The maximum absolute atomic E-state index is 13.8. The molecule has 1 amide bonds. The van der Waals surface area contributed by atoms with E-state index in [0.717, 1.165) is 18.8 Å². The van der Waals surface area contributed by atoms with Crippen molar-refractivity contribution in [2.24, 2.45) is 0 Å². The van der Waals surface area contributed by atoms with Crippen molar-refractivity contribution in [3.8, 4) is 0 Å². The third-order valence-corrected chi connectivity index (χ3v) is 5.35. The quantitative estimate of drug-likeness (QED) is 0.741. The second-order valence-corrected chi connectivity index (χ2v) is 7.55. The highest BCUT2D eigenvalue weighted by Gasteiger charge is 2.23. The summed E-state index contributed by atoms with van der Waals surface area (Å²) in [4.78, 5) is 16.8. The molecule has 0 spiro atoms. The molecule has 6 heteroatoms. The minimum atomic E-state index is -0.257. The Hall–Kier alpha value is -2.44. The molecule has 0 saturated carbocycles. The molecule has 0 bridgehead atoms. The van der Waals surface area contributed by atoms with Gasteiger partial charge < -0.3 is 15.0 Å². The normalized spacial score (nSPS) is 15.7. The number of hydrogen-bond acceptors (Lipinski definition) is 4. The fourth-order valence-corrected chi connectivity index (χ4v) is 3.59. The van der Waals surface area contributed by atoms with Gasteiger partial charge in [0.05, 0.1) is 19.3 Å². The van der Waals surface area contributed by atoms with Crippen molar-refractivity contribution in [1.29, 1.82) is 0 Å². The van der Waals surface area contributed by atoms with E-state index in [1.807, 2.05) is 14.1 Å². The van der Waals surface area contributed by atoms with Crippen molar-refractivity contribution in [2.45, 2.75) is 18.9 Å². The first-order valence-corrected chi connectivity index (χ1v) is 10.1. The summed E-state index contributed by atoms with van der Waals surface area (Å²) in [6, 6.07) is 15.2. The number of amides is 1. The molecule has 1 aliphatic rings. The van der Waals surface area contributed by atoms with E-state index >= 15 is 0 Å². The number of benzene rings is 2. The lowest BCUT2D eigenvalue weighted by atomic mass is 10.0. The first-order chi connectivity index (χ1) is 14.0. The summed E-state index contributed by atoms with van der Waals surface area (Å²) in [5, 5.41) is 3.05. The molecule has 0 aromatic heterocycles. The van der Waals surface area contributed by atoms with Crippen molar-refractivity contribution < 1.29 is 13.9 Å². The second kappa shape index (κ2) is 10.4. The molecular weight excluding hydrogens is 369 g/mol. The van der Waals surface area contributed by atoms with Gasteiger partial charge in [-0.3, -0.25) is 9.69 Å². The number of carbonyl (C=O) groups excluding carboxylic acids is 1. The average Bonchev–Trinajstić information content (AvgIpc) is 2.74. The van der Waals surface area contributed by atoms with Crippen molar-refractivity contribution in [1.82, 2.24) is 10.2 Å². The lowest BCUT2D eigenvalue weighted by Gasteiger charge is -2.35. The molecule has 29 heavy (non-hydrogen) atoms. The Morgan fingerprint density at radius 1 is 1.14 bits per heavy atom. The van der Waals surface area contributed by atoms with E-state index in [4.69, 9.17) is 4.74 Å². The van der Waals surface area contributed by atoms with E-state index in [-0.39, 0.29) is 24.2 Å². The highest BCUT2D eigenvalue weighted by atomic mass is 19.1. The fraction of sp³-hybridized carbons (Fsp3) is 0.435. The lowest BCUT2D eigenvalue weighted by molar-refractivity contribution is -0.121. The molecule has 1 N–H and O–H groups in total. The van der Waals surface area contributed by atoms with Gasteiger partial charge in [-0.1, -0.05) is 30.3 Å². The number of nitrogens with one attached hydrogen (secondary N) is 1. The van der Waals surface area contributed by atoms with Crippen LogP contribution in [-0.2, 0) is 16.0 Å². The van der Waals surface area contributed by atoms with E-state index in [1.165, 1.54) is 11.6 Å². The highest BCUT2D eigenvalue weighted by Crippen LogP contribution is 2.24. The zero-order valence-electron chi connectivity index (χ0n) is 17.2. The minimum absolute atomic E-state index is 0.0589. The van der Waals surface area contributed by atoms with Crippen LogP contribution in [-0.4, -0.2) is 57.8 Å². The topological polar surface area (TPSA) is 44.8 Å². The summed E-state index contributed by atoms with van der Waals surface area (Å²) in [5.74, 6) is -0.316. The number of halogens is 1. The van der Waals surface area contributed by atoms with Crippen LogP contribution in [0.1, 0.15) is 23.6 Å². The number of morpholine rings is 1. The van der Waals surface area contributed by atoms with Crippen molar-refractivity contribution in [2.75, 3.05) is 51.8 Å². The van der Waals surface area contributed by atoms with E-state index in [2.05, 4.69) is 39.4 Å². The maximum atomic E-state index is 13.8. The first kappa shape index (κ1) is 21.3. The molecule has 1 atom stereocenters. The molecule has 1 fully saturated rings. The zero-order valence-corrected chi connectivity index (χ0v) is 17.2. The van der Waals surface area contributed by atoms with Crippen LogP contribution < -0.4 is 10.2 Å². The van der Waals surface area contributed by atoms with Crippen LogP contribution in [0, 0.1) is 5.82 Å². The summed E-state index contributed by atoms with van der Waals surface area (Å²) in [6.07, 6.45) is 0.675. The van der Waals surface area contributed by atoms with Gasteiger partial charge in [0.1, 0.15) is 5.82 Å². The summed E-state index contributed by atoms with van der Waals surface area (Å²) in [6.45, 7) is 3.61. The van der Waals surface area contributed by atoms with E-state index in [0.29, 0.717) is 31.7 Å². The van der Waals surface area contributed by atoms with Gasteiger partial charge in [0.25, 0.3) is 0 Å². The van der Waals surface area contributed by atoms with Gasteiger partial charge in [0.15, 0.2) is 0 Å². The van der Waals surface area contributed by atoms with Gasteiger partial charge in [-0.2, -0.15) is 0 Å². The molecule has 0 aliphatic carbocycles. The first-order valence-electron chi connectivity index (χ1n) is 10.1. The Bertz CT molecular complexity index is 789. The Balaban J connectivity index is 1.62. The van der Waals surface area contributed by atoms with Crippen LogP contribution in [0.3, 0.4) is 0 Å². The summed E-state index contributed by atoms with van der Waals surface area (Å²) < 4.78 is 19.2. The number of rotatable bonds is 8. The largest absolute Gasteiger partial charge is 0.379 e. The van der Waals surface area contributed by atoms with Crippen molar-refractivity contribution >= 4 is 11.6 Å². The average molecular weight is 400 g/mol. The van der Waals surface area contributed by atoms with Crippen LogP contribution in [0.5, 0.6) is 0 Å². The summed E-state index contributed by atoms with van der Waals surface area (Å²) in [7, 11) is 4.04. The van der Waals surface area contributed by atoms with Gasteiger partial charge in [0, 0.05) is 45.8 Å². The standard InChI is InChI=1S/C23H30FN3O2/c1-26(2)20-10-7-19(8-11-20)22(27-13-15-29-16-14-27)17-25-23(28)12-9-18-5-3-4-6-21(18)24/h3-8,10-11,22H,9,12-17H2,1-2H3,(H,25,28). The predicted molar refractivity (Wildman–Crippen MR) is 114 cm³/mol. The maximum Gasteiger partial charge on any atom is 0.220 e. The molecule has 2 aromatic rings. The minimum Gasteiger partial charge on any atom is -0.379 e. The number of nitrogens with zero attached hydrogens (tertiary/aromatic N) is 2. The molecule has 0 radical (unpaired) electrons. The van der Waals surface area contributed by atoms with E-state index in [1.54, 1.807) is 18.2 Å². The summed E-state index contributed by atoms with van der Waals surface area (Å²) in [5.41, 5.74) is 2.89. The van der Waals surface area contributed by atoms with Crippen LogP contribution in [0.2, 0.25) is 0 Å². The van der Waals surface area contributed by atoms with Crippen LogP contribution in [0.15, 0.2) is 48.5 Å². The molecule has 1 aliphatic heterocycles. The van der Waals surface area contributed by atoms with Crippen molar-refractivity contribution in [3.63, 3.8) is 0 Å². The molecular formula is C23H30FN3O2. The molecule has 3 rings (SSSR count). The number of carbonyl (C=O) groups is 1. The van der Waals surface area contributed by atoms with Gasteiger partial charge in [-0.15, -0.1) is 0 Å². The number of aryl methyl sites for hydroxylation is 1. The highest BCUT2D eigenvalue weighted by molar-refractivity contribution is 5.76. The Kier molecular flexibility index (Phi) is 7.61. The predicted octanol–water partition coefficient (Wildman–Crippen LogP) is 3.01. The monoisotopic (exact) mass is 399 g/mol. The number of anilines is 1. The fourth-order valence-electron chi connectivity index (χ4n) is 3.59. The zero-order chi connectivity index (χ0) is 20.6. The summed E-state index contributed by atoms with van der Waals surface area (Å²) >= 11 is 0. The third-order valence-electron chi connectivity index (χ3n) is 5.35. The van der Waals surface area contributed by atoms with Crippen LogP contribution in [0.4, 0.5) is 10.1 Å². The molecule has 156 valence electrons. The van der Waals surface area contributed by atoms with E-state index in [9.17, 15) is 9.18 Å². The second-order valence-electron chi connectivity index (χ2n) is 7.55. The van der Waals surface area contributed by atoms with Gasteiger partial charge in [-0.05, 0) is 35.7 Å². The molecule has 2 aromatic carbocycles. The van der Waals surface area contributed by atoms with Crippen LogP contribution >= 0.6 is 0 Å². The smallest absolute Gasteiger partial charge is 0.220 e. The van der Waals surface area contributed by atoms with E-state index < -0.39 is 0 Å². The van der Waals surface area contributed by atoms with Gasteiger partial charge >= 0.3 is 0 Å². The molecule has 5 nitrogen and oxygen atoms in total. The number of hydrogen-bond donors (Lipinski definition) is 1. The molecule has 1 heterocycles.